The van der Waals surface area contributed by atoms with E-state index in [0.717, 1.165) is 16.7 Å². The number of aryl methyl sites for hydroxylation is 1. The molecule has 0 heterocycles. The molecule has 0 aliphatic carbocycles. The number of alkyl halides is 1. The van der Waals surface area contributed by atoms with E-state index in [1.807, 2.05) is 82.3 Å². The van der Waals surface area contributed by atoms with Gasteiger partial charge in [0.15, 0.2) is 0 Å². The number of benzene rings is 2. The standard InChI is InChI=1S/C20H18Cl2.C3H6.C2H6/c1-4-8-16(5-2)20(22,17-13-11-15(3)12-14-17)18-9-6-7-10-19(18)21;1-3-2;1-2/h4-14H,1-2H2,3H3;3H,1H2,2H3;1-2H3/b16-8+;;. The monoisotopic (exact) mass is 400 g/mol. The molecule has 0 bridgehead atoms. The minimum Gasteiger partial charge on any atom is -0.103 e. The molecule has 27 heavy (non-hydrogen) atoms. The first-order chi connectivity index (χ1) is 12.9. The Labute approximate surface area is 175 Å². The SMILES string of the molecule is C=C/C=C(\C=C)C(Cl)(c1ccc(C)cc1)c1ccccc1Cl.C=CC.CC. The van der Waals surface area contributed by atoms with Gasteiger partial charge in [-0.3, -0.25) is 0 Å². The van der Waals surface area contributed by atoms with E-state index in [4.69, 9.17) is 23.2 Å². The highest BCUT2D eigenvalue weighted by Gasteiger charge is 2.36. The van der Waals surface area contributed by atoms with Crippen molar-refractivity contribution < 1.29 is 0 Å². The summed E-state index contributed by atoms with van der Waals surface area (Å²) in [6.07, 6.45) is 7.07. The molecule has 0 aliphatic rings. The van der Waals surface area contributed by atoms with Gasteiger partial charge in [0.25, 0.3) is 0 Å². The first-order valence-electron chi connectivity index (χ1n) is 8.99. The van der Waals surface area contributed by atoms with Crippen LogP contribution in [0.4, 0.5) is 0 Å². The minimum atomic E-state index is -0.901. The molecule has 0 aliphatic heterocycles. The Balaban J connectivity index is 0.00000123. The smallest absolute Gasteiger partial charge is 0.103 e. The highest BCUT2D eigenvalue weighted by atomic mass is 35.5. The van der Waals surface area contributed by atoms with Gasteiger partial charge in [0.05, 0.1) is 0 Å². The summed E-state index contributed by atoms with van der Waals surface area (Å²) in [4.78, 5) is -0.901. The van der Waals surface area contributed by atoms with Crippen LogP contribution in [0.25, 0.3) is 0 Å². The van der Waals surface area contributed by atoms with Crippen molar-refractivity contribution in [2.75, 3.05) is 0 Å². The summed E-state index contributed by atoms with van der Waals surface area (Å²) in [6, 6.07) is 15.7. The summed E-state index contributed by atoms with van der Waals surface area (Å²) in [7, 11) is 0. The van der Waals surface area contributed by atoms with Crippen LogP contribution >= 0.6 is 23.2 Å². The van der Waals surface area contributed by atoms with E-state index >= 15 is 0 Å². The molecular formula is C25H30Cl2. The fraction of sp³-hybridized carbons (Fsp3) is 0.200. The second-order valence-electron chi connectivity index (χ2n) is 5.47. The Morgan fingerprint density at radius 1 is 0.963 bits per heavy atom. The summed E-state index contributed by atoms with van der Waals surface area (Å²) >= 11 is 13.5. The Morgan fingerprint density at radius 2 is 1.48 bits per heavy atom. The van der Waals surface area contributed by atoms with Crippen LogP contribution in [0.3, 0.4) is 0 Å². The van der Waals surface area contributed by atoms with Gasteiger partial charge in [0.2, 0.25) is 0 Å². The topological polar surface area (TPSA) is 0 Å². The van der Waals surface area contributed by atoms with Gasteiger partial charge in [-0.15, -0.1) is 18.2 Å². The summed E-state index contributed by atoms with van der Waals surface area (Å²) in [5, 5.41) is 0.620. The summed E-state index contributed by atoms with van der Waals surface area (Å²) < 4.78 is 0. The third-order valence-electron chi connectivity index (χ3n) is 3.61. The number of allylic oxidation sites excluding steroid dienone is 5. The van der Waals surface area contributed by atoms with E-state index in [0.29, 0.717) is 5.02 Å². The lowest BCUT2D eigenvalue weighted by Gasteiger charge is -2.31. The molecule has 0 fully saturated rings. The normalized spacial score (nSPS) is 12.3. The van der Waals surface area contributed by atoms with Crippen LogP contribution in [0.1, 0.15) is 37.5 Å². The molecule has 1 unspecified atom stereocenters. The van der Waals surface area contributed by atoms with Crippen molar-refractivity contribution in [1.29, 1.82) is 0 Å². The molecule has 2 rings (SSSR count). The van der Waals surface area contributed by atoms with Crippen LogP contribution in [0, 0.1) is 6.92 Å². The van der Waals surface area contributed by atoms with Gasteiger partial charge in [0.1, 0.15) is 4.87 Å². The molecule has 1 atom stereocenters. The molecule has 0 aromatic heterocycles. The van der Waals surface area contributed by atoms with Crippen molar-refractivity contribution >= 4 is 23.2 Å². The Kier molecular flexibility index (Phi) is 12.2. The molecule has 0 saturated carbocycles. The van der Waals surface area contributed by atoms with Crippen LogP contribution in [0.15, 0.2) is 98.1 Å². The Hall–Kier alpha value is -2.02. The van der Waals surface area contributed by atoms with Gasteiger partial charge in [-0.25, -0.2) is 0 Å². The number of rotatable bonds is 5. The number of halogens is 2. The molecule has 2 aromatic rings. The summed E-state index contributed by atoms with van der Waals surface area (Å²) in [5.41, 5.74) is 3.78. The predicted octanol–water partition coefficient (Wildman–Crippen LogP) is 8.65. The fourth-order valence-electron chi connectivity index (χ4n) is 2.45. The van der Waals surface area contributed by atoms with Crippen LogP contribution in [-0.2, 0) is 4.87 Å². The zero-order valence-electron chi connectivity index (χ0n) is 16.8. The largest absolute Gasteiger partial charge is 0.121 e. The maximum atomic E-state index is 7.12. The molecule has 0 nitrogen and oxygen atoms in total. The summed E-state index contributed by atoms with van der Waals surface area (Å²) in [6.45, 7) is 19.0. The zero-order chi connectivity index (χ0) is 20.9. The van der Waals surface area contributed by atoms with Crippen molar-refractivity contribution in [2.45, 2.75) is 32.6 Å². The highest BCUT2D eigenvalue weighted by molar-refractivity contribution is 6.35. The van der Waals surface area contributed by atoms with Gasteiger partial charge in [0, 0.05) is 10.6 Å². The highest BCUT2D eigenvalue weighted by Crippen LogP contribution is 2.46. The van der Waals surface area contributed by atoms with Crippen molar-refractivity contribution in [2.24, 2.45) is 0 Å². The van der Waals surface area contributed by atoms with E-state index < -0.39 is 4.87 Å². The van der Waals surface area contributed by atoms with Crippen molar-refractivity contribution in [3.63, 3.8) is 0 Å². The van der Waals surface area contributed by atoms with Crippen molar-refractivity contribution in [3.8, 4) is 0 Å². The predicted molar refractivity (Wildman–Crippen MR) is 125 cm³/mol. The minimum absolute atomic E-state index is 0.620. The Morgan fingerprint density at radius 3 is 1.93 bits per heavy atom. The van der Waals surface area contributed by atoms with Crippen LogP contribution in [-0.4, -0.2) is 0 Å². The second-order valence-corrected chi connectivity index (χ2v) is 6.45. The zero-order valence-corrected chi connectivity index (χ0v) is 18.3. The molecule has 0 radical (unpaired) electrons. The average Bonchev–Trinajstić information content (AvgIpc) is 2.68. The van der Waals surface area contributed by atoms with E-state index in [2.05, 4.69) is 19.7 Å². The molecular weight excluding hydrogens is 371 g/mol. The van der Waals surface area contributed by atoms with E-state index in [-0.39, 0.29) is 0 Å². The van der Waals surface area contributed by atoms with E-state index in [1.54, 1.807) is 18.2 Å². The lowest BCUT2D eigenvalue weighted by molar-refractivity contribution is 0.878. The lowest BCUT2D eigenvalue weighted by Crippen LogP contribution is -2.23. The van der Waals surface area contributed by atoms with Crippen molar-refractivity contribution in [1.82, 2.24) is 0 Å². The van der Waals surface area contributed by atoms with Gasteiger partial charge in [-0.2, -0.15) is 0 Å². The molecule has 0 amide bonds. The van der Waals surface area contributed by atoms with Crippen LogP contribution < -0.4 is 0 Å². The first-order valence-corrected chi connectivity index (χ1v) is 9.75. The third kappa shape index (κ3) is 6.57. The fourth-order valence-corrected chi connectivity index (χ4v) is 3.21. The molecule has 0 saturated heterocycles. The maximum Gasteiger partial charge on any atom is 0.121 e. The second kappa shape index (κ2) is 13.2. The van der Waals surface area contributed by atoms with E-state index in [1.165, 1.54) is 5.56 Å². The van der Waals surface area contributed by atoms with Gasteiger partial charge >= 0.3 is 0 Å². The Bertz CT molecular complexity index is 754. The third-order valence-corrected chi connectivity index (χ3v) is 4.58. The molecule has 2 heteroatoms. The van der Waals surface area contributed by atoms with E-state index in [9.17, 15) is 0 Å². The first kappa shape index (κ1) is 25.0. The summed E-state index contributed by atoms with van der Waals surface area (Å²) in [5.74, 6) is 0. The van der Waals surface area contributed by atoms with Crippen LogP contribution in [0.2, 0.25) is 5.02 Å². The van der Waals surface area contributed by atoms with Crippen LogP contribution in [0.5, 0.6) is 0 Å². The van der Waals surface area contributed by atoms with Gasteiger partial charge in [-0.1, -0.05) is 111 Å². The van der Waals surface area contributed by atoms with Gasteiger partial charge < -0.3 is 0 Å². The maximum absolute atomic E-state index is 7.12. The average molecular weight is 401 g/mol. The molecule has 0 spiro atoms. The number of hydrogen-bond donors (Lipinski definition) is 0. The lowest BCUT2D eigenvalue weighted by atomic mass is 9.83. The molecule has 2 aromatic carbocycles. The molecule has 144 valence electrons. The van der Waals surface area contributed by atoms with Crippen molar-refractivity contribution in [3.05, 3.63) is 120 Å². The molecule has 0 N–H and O–H groups in total. The quantitative estimate of drug-likeness (QED) is 0.267. The van der Waals surface area contributed by atoms with Gasteiger partial charge in [-0.05, 0) is 31.1 Å². The number of hydrogen-bond acceptors (Lipinski definition) is 0.